The van der Waals surface area contributed by atoms with Crippen LogP contribution in [0.15, 0.2) is 73.1 Å². The standard InChI is InChI=1S/C20H21N5O2/c26-19(14-22-20(27)24-18-9-2-1-3-10-18)21-13-16-7-4-5-8-17(16)15-25-12-6-11-23-25/h1-12H,13-15H2,(H,21,26)(H2,22,24,27). The molecule has 0 saturated heterocycles. The zero-order chi connectivity index (χ0) is 18.9. The Morgan fingerprint density at radius 3 is 2.37 bits per heavy atom. The van der Waals surface area contributed by atoms with Gasteiger partial charge in [-0.3, -0.25) is 9.48 Å². The van der Waals surface area contributed by atoms with E-state index in [0.29, 0.717) is 18.8 Å². The predicted octanol–water partition coefficient (Wildman–Crippen LogP) is 2.37. The third-order valence-corrected chi connectivity index (χ3v) is 3.93. The molecule has 2 aromatic carbocycles. The Morgan fingerprint density at radius 1 is 0.889 bits per heavy atom. The molecular formula is C20H21N5O2. The Morgan fingerprint density at radius 2 is 1.63 bits per heavy atom. The SMILES string of the molecule is O=C(CNC(=O)Nc1ccccc1)NCc1ccccc1Cn1cccn1. The minimum Gasteiger partial charge on any atom is -0.350 e. The number of urea groups is 1. The van der Waals surface area contributed by atoms with E-state index >= 15 is 0 Å². The number of carbonyl (C=O) groups excluding carboxylic acids is 2. The summed E-state index contributed by atoms with van der Waals surface area (Å²) in [6.45, 7) is 0.926. The van der Waals surface area contributed by atoms with E-state index in [1.54, 1.807) is 18.3 Å². The molecule has 0 aliphatic rings. The van der Waals surface area contributed by atoms with E-state index in [9.17, 15) is 9.59 Å². The van der Waals surface area contributed by atoms with Gasteiger partial charge < -0.3 is 16.0 Å². The number of para-hydroxylation sites is 1. The van der Waals surface area contributed by atoms with Crippen molar-refractivity contribution in [3.63, 3.8) is 0 Å². The lowest BCUT2D eigenvalue weighted by molar-refractivity contribution is -0.120. The van der Waals surface area contributed by atoms with Gasteiger partial charge in [-0.15, -0.1) is 0 Å². The molecule has 0 spiro atoms. The van der Waals surface area contributed by atoms with E-state index < -0.39 is 6.03 Å². The van der Waals surface area contributed by atoms with Crippen LogP contribution in [0.25, 0.3) is 0 Å². The summed E-state index contributed by atoms with van der Waals surface area (Å²) < 4.78 is 1.83. The first kappa shape index (κ1) is 18.2. The van der Waals surface area contributed by atoms with E-state index in [-0.39, 0.29) is 12.5 Å². The fourth-order valence-corrected chi connectivity index (χ4v) is 2.57. The third kappa shape index (κ3) is 5.71. The monoisotopic (exact) mass is 363 g/mol. The van der Waals surface area contributed by atoms with Crippen LogP contribution < -0.4 is 16.0 Å². The molecule has 0 atom stereocenters. The van der Waals surface area contributed by atoms with E-state index in [0.717, 1.165) is 11.1 Å². The molecule has 0 aliphatic carbocycles. The minimum absolute atomic E-state index is 0.0972. The lowest BCUT2D eigenvalue weighted by Crippen LogP contribution is -2.38. The molecule has 0 aliphatic heterocycles. The van der Waals surface area contributed by atoms with Gasteiger partial charge >= 0.3 is 6.03 Å². The molecule has 0 radical (unpaired) electrons. The van der Waals surface area contributed by atoms with Gasteiger partial charge in [0.15, 0.2) is 0 Å². The lowest BCUT2D eigenvalue weighted by atomic mass is 10.1. The zero-order valence-electron chi connectivity index (χ0n) is 14.8. The van der Waals surface area contributed by atoms with Crippen molar-refractivity contribution in [3.8, 4) is 0 Å². The summed E-state index contributed by atoms with van der Waals surface area (Å²) in [5.74, 6) is -0.257. The maximum atomic E-state index is 12.0. The van der Waals surface area contributed by atoms with Gasteiger partial charge in [0.2, 0.25) is 5.91 Å². The summed E-state index contributed by atoms with van der Waals surface area (Å²) >= 11 is 0. The van der Waals surface area contributed by atoms with Gasteiger partial charge in [-0.1, -0.05) is 42.5 Å². The Labute approximate surface area is 157 Å². The summed E-state index contributed by atoms with van der Waals surface area (Å²) in [4.78, 5) is 23.8. The number of aromatic nitrogens is 2. The smallest absolute Gasteiger partial charge is 0.319 e. The van der Waals surface area contributed by atoms with Gasteiger partial charge in [0.1, 0.15) is 0 Å². The Hall–Kier alpha value is -3.61. The second-order valence-electron chi connectivity index (χ2n) is 5.92. The van der Waals surface area contributed by atoms with Crippen molar-refractivity contribution in [2.24, 2.45) is 0 Å². The first-order chi connectivity index (χ1) is 13.2. The molecule has 0 unspecified atom stereocenters. The number of nitrogens with zero attached hydrogens (tertiary/aromatic N) is 2. The summed E-state index contributed by atoms with van der Waals surface area (Å²) in [5.41, 5.74) is 2.76. The number of anilines is 1. The zero-order valence-corrected chi connectivity index (χ0v) is 14.8. The predicted molar refractivity (Wildman–Crippen MR) is 103 cm³/mol. The van der Waals surface area contributed by atoms with Crippen LogP contribution in [0, 0.1) is 0 Å². The van der Waals surface area contributed by atoms with E-state index in [1.165, 1.54) is 0 Å². The maximum absolute atomic E-state index is 12.0. The van der Waals surface area contributed by atoms with Crippen molar-refractivity contribution in [1.29, 1.82) is 0 Å². The number of rotatable bonds is 7. The van der Waals surface area contributed by atoms with Crippen LogP contribution in [0.5, 0.6) is 0 Å². The van der Waals surface area contributed by atoms with Crippen molar-refractivity contribution < 1.29 is 9.59 Å². The molecule has 3 rings (SSSR count). The van der Waals surface area contributed by atoms with E-state index in [4.69, 9.17) is 0 Å². The van der Waals surface area contributed by atoms with Gasteiger partial charge in [-0.2, -0.15) is 5.10 Å². The molecule has 0 fully saturated rings. The van der Waals surface area contributed by atoms with Gasteiger partial charge in [0.25, 0.3) is 0 Å². The van der Waals surface area contributed by atoms with Crippen molar-refractivity contribution in [1.82, 2.24) is 20.4 Å². The summed E-state index contributed by atoms with van der Waals surface area (Å²) in [6, 6.07) is 18.4. The highest BCUT2D eigenvalue weighted by atomic mass is 16.2. The van der Waals surface area contributed by atoms with Crippen LogP contribution >= 0.6 is 0 Å². The second kappa shape index (κ2) is 9.19. The molecule has 7 nitrogen and oxygen atoms in total. The number of nitrogens with one attached hydrogen (secondary N) is 3. The Kier molecular flexibility index (Phi) is 6.19. The van der Waals surface area contributed by atoms with Crippen molar-refractivity contribution in [2.45, 2.75) is 13.1 Å². The molecule has 3 aromatic rings. The minimum atomic E-state index is -0.421. The largest absolute Gasteiger partial charge is 0.350 e. The van der Waals surface area contributed by atoms with Crippen molar-refractivity contribution in [2.75, 3.05) is 11.9 Å². The van der Waals surface area contributed by atoms with Crippen LogP contribution in [0.3, 0.4) is 0 Å². The summed E-state index contributed by atoms with van der Waals surface area (Å²) in [6.07, 6.45) is 3.63. The van der Waals surface area contributed by atoms with Gasteiger partial charge in [-0.05, 0) is 29.3 Å². The van der Waals surface area contributed by atoms with Gasteiger partial charge in [-0.25, -0.2) is 4.79 Å². The highest BCUT2D eigenvalue weighted by molar-refractivity contribution is 5.92. The first-order valence-electron chi connectivity index (χ1n) is 8.61. The third-order valence-electron chi connectivity index (χ3n) is 3.93. The van der Waals surface area contributed by atoms with Gasteiger partial charge in [0, 0.05) is 24.6 Å². The molecule has 1 heterocycles. The molecule has 0 saturated carbocycles. The highest BCUT2D eigenvalue weighted by Crippen LogP contribution is 2.10. The van der Waals surface area contributed by atoms with Crippen LogP contribution in [0.2, 0.25) is 0 Å². The number of hydrogen-bond acceptors (Lipinski definition) is 3. The fraction of sp³-hybridized carbons (Fsp3) is 0.150. The molecule has 7 heteroatoms. The van der Waals surface area contributed by atoms with E-state index in [2.05, 4.69) is 21.0 Å². The number of amides is 3. The Bertz CT molecular complexity index is 878. The first-order valence-corrected chi connectivity index (χ1v) is 8.61. The molecule has 0 bridgehead atoms. The number of carbonyl (C=O) groups is 2. The number of hydrogen-bond donors (Lipinski definition) is 3. The van der Waals surface area contributed by atoms with Crippen LogP contribution in [-0.4, -0.2) is 28.3 Å². The average Bonchev–Trinajstić information content (AvgIpc) is 3.19. The Balaban J connectivity index is 1.46. The topological polar surface area (TPSA) is 88.0 Å². The normalized spacial score (nSPS) is 10.2. The lowest BCUT2D eigenvalue weighted by Gasteiger charge is -2.12. The molecule has 138 valence electrons. The highest BCUT2D eigenvalue weighted by Gasteiger charge is 2.08. The van der Waals surface area contributed by atoms with E-state index in [1.807, 2.05) is 59.4 Å². The van der Waals surface area contributed by atoms with Crippen molar-refractivity contribution >= 4 is 17.6 Å². The summed E-state index contributed by atoms with van der Waals surface area (Å²) in [7, 11) is 0. The van der Waals surface area contributed by atoms with Crippen LogP contribution in [0.4, 0.5) is 10.5 Å². The van der Waals surface area contributed by atoms with Crippen molar-refractivity contribution in [3.05, 3.63) is 84.2 Å². The molecule has 3 N–H and O–H groups in total. The molecule has 27 heavy (non-hydrogen) atoms. The maximum Gasteiger partial charge on any atom is 0.319 e. The molecular weight excluding hydrogens is 342 g/mol. The quantitative estimate of drug-likeness (QED) is 0.602. The fourth-order valence-electron chi connectivity index (χ4n) is 2.57. The van der Waals surface area contributed by atoms with Crippen LogP contribution in [0.1, 0.15) is 11.1 Å². The van der Waals surface area contributed by atoms with Crippen LogP contribution in [-0.2, 0) is 17.9 Å². The molecule has 3 amide bonds. The van der Waals surface area contributed by atoms with Gasteiger partial charge in [0.05, 0.1) is 13.1 Å². The summed E-state index contributed by atoms with van der Waals surface area (Å²) in [5, 5.41) is 12.2. The number of benzene rings is 2. The average molecular weight is 363 g/mol. The second-order valence-corrected chi connectivity index (χ2v) is 5.92. The molecule has 1 aromatic heterocycles.